The molecule has 0 radical (unpaired) electrons. The van der Waals surface area contributed by atoms with Gasteiger partial charge in [-0.3, -0.25) is 0 Å². The maximum Gasteiger partial charge on any atom is 0.407 e. The first kappa shape index (κ1) is 19.5. The number of unbranched alkanes of at least 4 members (excludes halogenated alkanes) is 5. The first-order chi connectivity index (χ1) is 10.9. The Kier molecular flexibility index (Phi) is 8.75. The van der Waals surface area contributed by atoms with Crippen LogP contribution < -0.4 is 5.32 Å². The van der Waals surface area contributed by atoms with Crippen molar-refractivity contribution in [1.29, 1.82) is 0 Å². The maximum atomic E-state index is 11.5. The zero-order valence-electron chi connectivity index (χ0n) is 15.3. The Balaban J connectivity index is 1.92. The van der Waals surface area contributed by atoms with Crippen LogP contribution in [0.15, 0.2) is 24.3 Å². The monoisotopic (exact) mass is 319 g/mol. The molecular weight excluding hydrogens is 286 g/mol. The van der Waals surface area contributed by atoms with Gasteiger partial charge in [0, 0.05) is 6.54 Å². The van der Waals surface area contributed by atoms with Crippen molar-refractivity contribution in [2.24, 2.45) is 0 Å². The first-order valence-electron chi connectivity index (χ1n) is 8.89. The fraction of sp³-hybridized carbons (Fsp3) is 0.650. The van der Waals surface area contributed by atoms with Gasteiger partial charge in [-0.05, 0) is 52.5 Å². The Morgan fingerprint density at radius 1 is 0.957 bits per heavy atom. The van der Waals surface area contributed by atoms with Crippen molar-refractivity contribution in [2.75, 3.05) is 6.54 Å². The minimum Gasteiger partial charge on any atom is -0.444 e. The number of carbonyl (C=O) groups is 1. The summed E-state index contributed by atoms with van der Waals surface area (Å²) in [5, 5.41) is 2.81. The number of carbonyl (C=O) groups excluding carboxylic acids is 1. The van der Waals surface area contributed by atoms with Crippen LogP contribution in [0, 0.1) is 6.92 Å². The summed E-state index contributed by atoms with van der Waals surface area (Å²) >= 11 is 0. The summed E-state index contributed by atoms with van der Waals surface area (Å²) in [7, 11) is 0. The Morgan fingerprint density at radius 3 is 2.13 bits per heavy atom. The lowest BCUT2D eigenvalue weighted by Crippen LogP contribution is -2.32. The fourth-order valence-corrected chi connectivity index (χ4v) is 2.42. The number of rotatable bonds is 9. The van der Waals surface area contributed by atoms with E-state index in [1.807, 2.05) is 20.8 Å². The SMILES string of the molecule is Cc1ccc(CCCCCCCCNC(=O)OC(C)(C)C)cc1. The molecule has 0 spiro atoms. The second-order valence-corrected chi connectivity index (χ2v) is 7.29. The van der Waals surface area contributed by atoms with E-state index in [-0.39, 0.29) is 6.09 Å². The quantitative estimate of drug-likeness (QED) is 0.619. The molecule has 0 saturated carbocycles. The van der Waals surface area contributed by atoms with Crippen molar-refractivity contribution in [2.45, 2.75) is 78.2 Å². The molecule has 3 nitrogen and oxygen atoms in total. The molecule has 0 bridgehead atoms. The van der Waals surface area contributed by atoms with Gasteiger partial charge in [-0.25, -0.2) is 4.79 Å². The number of hydrogen-bond acceptors (Lipinski definition) is 2. The molecule has 0 aliphatic carbocycles. The number of ether oxygens (including phenoxy) is 1. The van der Waals surface area contributed by atoms with Crippen molar-refractivity contribution >= 4 is 6.09 Å². The Hall–Kier alpha value is -1.51. The molecule has 0 atom stereocenters. The average Bonchev–Trinajstić information content (AvgIpc) is 2.45. The predicted molar refractivity (Wildman–Crippen MR) is 96.8 cm³/mol. The van der Waals surface area contributed by atoms with E-state index in [1.54, 1.807) is 0 Å². The molecule has 0 aliphatic heterocycles. The Labute approximate surface area is 141 Å². The second-order valence-electron chi connectivity index (χ2n) is 7.29. The molecule has 0 aliphatic rings. The standard InChI is InChI=1S/C20H33NO2/c1-17-12-14-18(15-13-17)11-9-7-5-6-8-10-16-21-19(22)23-20(2,3)4/h12-15H,5-11,16H2,1-4H3,(H,21,22). The minimum atomic E-state index is -0.415. The summed E-state index contributed by atoms with van der Waals surface area (Å²) in [6.07, 6.45) is 8.13. The summed E-state index contributed by atoms with van der Waals surface area (Å²) in [6.45, 7) is 8.47. The molecule has 0 heterocycles. The summed E-state index contributed by atoms with van der Waals surface area (Å²) in [4.78, 5) is 11.5. The smallest absolute Gasteiger partial charge is 0.407 e. The van der Waals surface area contributed by atoms with Crippen LogP contribution in [0.5, 0.6) is 0 Å². The van der Waals surface area contributed by atoms with Crippen LogP contribution >= 0.6 is 0 Å². The van der Waals surface area contributed by atoms with Crippen LogP contribution in [0.2, 0.25) is 0 Å². The summed E-state index contributed by atoms with van der Waals surface area (Å²) in [5.41, 5.74) is 2.35. The summed E-state index contributed by atoms with van der Waals surface area (Å²) in [6, 6.07) is 8.84. The Bertz CT molecular complexity index is 446. The molecular formula is C20H33NO2. The topological polar surface area (TPSA) is 38.3 Å². The van der Waals surface area contributed by atoms with Crippen molar-refractivity contribution in [1.82, 2.24) is 5.32 Å². The number of alkyl carbamates (subject to hydrolysis) is 1. The highest BCUT2D eigenvalue weighted by Gasteiger charge is 2.15. The molecule has 1 rings (SSSR count). The normalized spacial score (nSPS) is 11.3. The van der Waals surface area contributed by atoms with Crippen molar-refractivity contribution in [3.8, 4) is 0 Å². The van der Waals surface area contributed by atoms with Crippen LogP contribution in [0.1, 0.15) is 70.4 Å². The molecule has 3 heteroatoms. The molecule has 130 valence electrons. The molecule has 1 N–H and O–H groups in total. The fourth-order valence-electron chi connectivity index (χ4n) is 2.42. The molecule has 0 aromatic heterocycles. The summed E-state index contributed by atoms with van der Waals surface area (Å²) < 4.78 is 5.20. The van der Waals surface area contributed by atoms with Gasteiger partial charge < -0.3 is 10.1 Å². The average molecular weight is 319 g/mol. The Morgan fingerprint density at radius 2 is 1.52 bits per heavy atom. The van der Waals surface area contributed by atoms with Gasteiger partial charge in [0.15, 0.2) is 0 Å². The summed E-state index contributed by atoms with van der Waals surface area (Å²) in [5.74, 6) is 0. The van der Waals surface area contributed by atoms with Crippen molar-refractivity contribution < 1.29 is 9.53 Å². The lowest BCUT2D eigenvalue weighted by atomic mass is 10.0. The van der Waals surface area contributed by atoms with E-state index < -0.39 is 5.60 Å². The van der Waals surface area contributed by atoms with Crippen LogP contribution in [-0.4, -0.2) is 18.2 Å². The number of nitrogens with one attached hydrogen (secondary N) is 1. The van der Waals surface area contributed by atoms with Gasteiger partial charge >= 0.3 is 6.09 Å². The van der Waals surface area contributed by atoms with E-state index in [1.165, 1.54) is 49.7 Å². The first-order valence-corrected chi connectivity index (χ1v) is 8.89. The lowest BCUT2D eigenvalue weighted by molar-refractivity contribution is 0.0527. The van der Waals surface area contributed by atoms with Crippen LogP contribution in [0.4, 0.5) is 4.79 Å². The van der Waals surface area contributed by atoms with Gasteiger partial charge in [0.2, 0.25) is 0 Å². The van der Waals surface area contributed by atoms with Crippen LogP contribution in [0.3, 0.4) is 0 Å². The van der Waals surface area contributed by atoms with Crippen molar-refractivity contribution in [3.05, 3.63) is 35.4 Å². The van der Waals surface area contributed by atoms with E-state index in [2.05, 4.69) is 36.5 Å². The zero-order valence-corrected chi connectivity index (χ0v) is 15.3. The van der Waals surface area contributed by atoms with E-state index in [9.17, 15) is 4.79 Å². The highest BCUT2D eigenvalue weighted by Crippen LogP contribution is 2.11. The van der Waals surface area contributed by atoms with Gasteiger partial charge in [0.05, 0.1) is 0 Å². The molecule has 0 saturated heterocycles. The van der Waals surface area contributed by atoms with Gasteiger partial charge in [0.25, 0.3) is 0 Å². The highest BCUT2D eigenvalue weighted by molar-refractivity contribution is 5.67. The van der Waals surface area contributed by atoms with Crippen molar-refractivity contribution in [3.63, 3.8) is 0 Å². The number of aryl methyl sites for hydroxylation is 2. The largest absolute Gasteiger partial charge is 0.444 e. The van der Waals surface area contributed by atoms with Gasteiger partial charge in [-0.2, -0.15) is 0 Å². The molecule has 0 unspecified atom stereocenters. The molecule has 1 aromatic carbocycles. The zero-order chi connectivity index (χ0) is 17.1. The molecule has 1 aromatic rings. The second kappa shape index (κ2) is 10.3. The van der Waals surface area contributed by atoms with E-state index in [4.69, 9.17) is 4.74 Å². The minimum absolute atomic E-state index is 0.310. The predicted octanol–water partition coefficient (Wildman–Crippen LogP) is 5.40. The van der Waals surface area contributed by atoms with Gasteiger partial charge in [0.1, 0.15) is 5.60 Å². The van der Waals surface area contributed by atoms with E-state index in [0.29, 0.717) is 6.54 Å². The lowest BCUT2D eigenvalue weighted by Gasteiger charge is -2.19. The molecule has 23 heavy (non-hydrogen) atoms. The third-order valence-electron chi connectivity index (χ3n) is 3.68. The van der Waals surface area contributed by atoms with Gasteiger partial charge in [-0.1, -0.05) is 55.5 Å². The van der Waals surface area contributed by atoms with Crippen LogP contribution in [-0.2, 0) is 11.2 Å². The highest BCUT2D eigenvalue weighted by atomic mass is 16.6. The maximum absolute atomic E-state index is 11.5. The van der Waals surface area contributed by atoms with E-state index in [0.717, 1.165) is 6.42 Å². The number of amides is 1. The van der Waals surface area contributed by atoms with Gasteiger partial charge in [-0.15, -0.1) is 0 Å². The molecule has 0 fully saturated rings. The third kappa shape index (κ3) is 10.8. The van der Waals surface area contributed by atoms with Crippen LogP contribution in [0.25, 0.3) is 0 Å². The molecule has 1 amide bonds. The van der Waals surface area contributed by atoms with E-state index >= 15 is 0 Å². The number of hydrogen-bond donors (Lipinski definition) is 1. The number of benzene rings is 1. The third-order valence-corrected chi connectivity index (χ3v) is 3.68.